The Hall–Kier alpha value is -3.52. The van der Waals surface area contributed by atoms with Crippen LogP contribution in [-0.4, -0.2) is 339 Å². The lowest BCUT2D eigenvalue weighted by atomic mass is 9.75. The summed E-state index contributed by atoms with van der Waals surface area (Å²) >= 11 is 13.0. The van der Waals surface area contributed by atoms with Gasteiger partial charge >= 0.3 is 0 Å². The Labute approximate surface area is 661 Å². The van der Waals surface area contributed by atoms with Gasteiger partial charge in [-0.3, -0.25) is 28.8 Å². The van der Waals surface area contributed by atoms with Gasteiger partial charge in [-0.1, -0.05) is 63.7 Å². The average Bonchev–Trinajstić information content (AvgIpc) is 0.731. The van der Waals surface area contributed by atoms with Crippen molar-refractivity contribution in [3.8, 4) is 17.2 Å². The standard InChI is InChI=1S/C52H76O24.2C10H16Br2N2O2/c1-18-29(72-34-14-30(43(58)21(4)68-34)73-33-13-28(54)42(57)20(3)67-33)12-26-10-25-11-27(49(66-9)48(63)41(56)19(2)53)50(47(62)39(25)46(61)38(26)40(18)55)76-36-16-31(44(59)23(6)70-36)74-35-15-32(45(60)22(5)69-35)75-37-17-52(8,65)51(64)24(7)71-37;2*11-3-1-9(15)13-5-7-14(8-6-13)10(16)2-4-12/h10,12,19-24,27-28,30-37,41-45,49-51,53-61,64-65H,11,13-17H2,1-9H3;2*1-8H2/t19-,20-,21-,22-,23-,24-,27?,28-,30-,31-,32-,33+,34+,35+,36+,37+,41+,42-,43+,44-,45-,49+,50+,51-,52+;;/m1../s1. The van der Waals surface area contributed by atoms with Gasteiger partial charge in [-0.15, -0.1) is 0 Å². The summed E-state index contributed by atoms with van der Waals surface area (Å²) in [6.45, 7) is 17.4. The number of rotatable bonds is 23. The number of aromatic hydroxyl groups is 2. The molecule has 2 aromatic carbocycles. The second-order valence-corrected chi connectivity index (χ2v) is 32.2. The van der Waals surface area contributed by atoms with E-state index < -0.39 is 176 Å². The van der Waals surface area contributed by atoms with Gasteiger partial charge < -0.3 is 128 Å². The first-order valence-electron chi connectivity index (χ1n) is 36.8. The summed E-state index contributed by atoms with van der Waals surface area (Å²) < 4.78 is 66.5. The first-order valence-corrected chi connectivity index (χ1v) is 41.2. The van der Waals surface area contributed by atoms with Gasteiger partial charge in [0.2, 0.25) is 29.9 Å². The summed E-state index contributed by atoms with van der Waals surface area (Å²) in [7, 11) is 1.18. The quantitative estimate of drug-likeness (QED) is 0.0710. The molecule has 25 atom stereocenters. The van der Waals surface area contributed by atoms with Gasteiger partial charge in [0.1, 0.15) is 66.1 Å². The molecule has 32 nitrogen and oxygen atoms in total. The molecule has 4 amide bonds. The van der Waals surface area contributed by atoms with Gasteiger partial charge in [0.05, 0.1) is 77.6 Å². The van der Waals surface area contributed by atoms with Crippen LogP contribution >= 0.6 is 63.7 Å². The molecule has 0 saturated carbocycles. The number of Topliss-reactive ketones (excluding diaryl/α,β-unsaturated/α-hetero) is 2. The molecule has 1 aliphatic carbocycles. The molecule has 7 saturated heterocycles. The Kier molecular flexibility index (Phi) is 33.9. The molecule has 0 radical (unpaired) electrons. The van der Waals surface area contributed by atoms with Crippen molar-refractivity contribution in [1.29, 1.82) is 0 Å². The molecule has 8 aliphatic rings. The monoisotopic (exact) mass is 1790 g/mol. The predicted molar refractivity (Wildman–Crippen MR) is 399 cm³/mol. The van der Waals surface area contributed by atoms with E-state index in [1.54, 1.807) is 27.7 Å². The number of carbonyl (C=O) groups excluding carboxylic acids is 6. The maximum Gasteiger partial charge on any atom is 0.223 e. The van der Waals surface area contributed by atoms with E-state index in [9.17, 15) is 80.1 Å². The van der Waals surface area contributed by atoms with E-state index in [1.165, 1.54) is 46.9 Å². The first kappa shape index (κ1) is 90.0. The lowest BCUT2D eigenvalue weighted by Gasteiger charge is -2.46. The van der Waals surface area contributed by atoms with Crippen molar-refractivity contribution in [2.75, 3.05) is 80.8 Å². The number of alkyl halides is 4. The number of piperazine rings is 2. The molecule has 0 bridgehead atoms. The summed E-state index contributed by atoms with van der Waals surface area (Å²) in [6.07, 6.45) is -24.9. The number of nitrogens with zero attached hydrogens (tertiary/aromatic N) is 4. The van der Waals surface area contributed by atoms with Crippen molar-refractivity contribution in [3.63, 3.8) is 0 Å². The number of aliphatic hydroxyl groups excluding tert-OH is 8. The van der Waals surface area contributed by atoms with Crippen molar-refractivity contribution in [2.45, 2.75) is 267 Å². The van der Waals surface area contributed by atoms with Crippen LogP contribution in [0, 0.1) is 12.8 Å². The number of carbonyl (C=O) groups is 6. The van der Waals surface area contributed by atoms with Gasteiger partial charge in [-0.05, 0) is 84.9 Å². The number of hydrogen-bond acceptors (Lipinski definition) is 28. The zero-order valence-corrected chi connectivity index (χ0v) is 68.6. The van der Waals surface area contributed by atoms with Crippen LogP contribution in [0.5, 0.6) is 17.2 Å². The highest BCUT2D eigenvalue weighted by molar-refractivity contribution is 9.09. The Bertz CT molecular complexity index is 3220. The number of phenolic OH excluding ortho intramolecular Hbond substituents is 2. The maximum atomic E-state index is 15.0. The molecule has 0 spiro atoms. The van der Waals surface area contributed by atoms with Crippen molar-refractivity contribution in [3.05, 3.63) is 28.8 Å². The highest BCUT2D eigenvalue weighted by Crippen LogP contribution is 2.48. The van der Waals surface area contributed by atoms with Crippen LogP contribution in [0.1, 0.15) is 128 Å². The maximum absolute atomic E-state index is 15.0. The average molecular weight is 1800 g/mol. The second-order valence-electron chi connectivity index (χ2n) is 29.0. The molecule has 10 rings (SSSR count). The van der Waals surface area contributed by atoms with Crippen molar-refractivity contribution in [2.24, 2.45) is 5.92 Å². The predicted octanol–water partition coefficient (Wildman–Crippen LogP) is 2.21. The molecular formula is C72H108Br4N4O28. The Morgan fingerprint density at radius 1 is 0.565 bits per heavy atom. The lowest BCUT2D eigenvalue weighted by Crippen LogP contribution is -2.58. The van der Waals surface area contributed by atoms with Gasteiger partial charge in [0.25, 0.3) is 0 Å². The van der Waals surface area contributed by atoms with E-state index in [2.05, 4.69) is 63.7 Å². The number of halogens is 4. The number of ketones is 2. The number of ether oxygens (including phenoxy) is 11. The van der Waals surface area contributed by atoms with Crippen LogP contribution in [0.2, 0.25) is 0 Å². The fourth-order valence-corrected chi connectivity index (χ4v) is 16.1. The highest BCUT2D eigenvalue weighted by atomic mass is 79.9. The molecule has 0 aromatic heterocycles. The molecule has 2 aromatic rings. The van der Waals surface area contributed by atoms with E-state index >= 15 is 4.79 Å². The van der Waals surface area contributed by atoms with Crippen LogP contribution in [0.4, 0.5) is 0 Å². The number of benzene rings is 2. The number of amides is 4. The first-order chi connectivity index (χ1) is 51.1. The Morgan fingerprint density at radius 2 is 0.954 bits per heavy atom. The molecule has 11 N–H and O–H groups in total. The zero-order chi connectivity index (χ0) is 79.5. The summed E-state index contributed by atoms with van der Waals surface area (Å²) in [4.78, 5) is 82.6. The number of phenols is 2. The van der Waals surface area contributed by atoms with E-state index in [4.69, 9.17) is 52.1 Å². The van der Waals surface area contributed by atoms with Crippen LogP contribution in [-0.2, 0) is 77.8 Å². The number of hydrogen-bond donors (Lipinski definition) is 11. The minimum atomic E-state index is -1.95. The fraction of sp³-hybridized carbons (Fsp3) is 0.778. The molecular weight excluding hydrogens is 1690 g/mol. The van der Waals surface area contributed by atoms with Crippen molar-refractivity contribution < 1.29 is 137 Å². The summed E-state index contributed by atoms with van der Waals surface area (Å²) in [6, 6.07) is 3.03. The third-order valence-corrected chi connectivity index (χ3v) is 22.7. The van der Waals surface area contributed by atoms with Gasteiger partial charge in [-0.2, -0.15) is 0 Å². The Balaban J connectivity index is 0.000000376. The molecule has 7 fully saturated rings. The number of methoxy groups -OCH3 is 1. The van der Waals surface area contributed by atoms with Crippen molar-refractivity contribution >= 4 is 110 Å². The van der Waals surface area contributed by atoms with Gasteiger partial charge in [0.15, 0.2) is 36.7 Å². The summed E-state index contributed by atoms with van der Waals surface area (Å²) in [5.74, 6) is -3.39. The van der Waals surface area contributed by atoms with Crippen LogP contribution in [0.25, 0.3) is 10.8 Å². The minimum absolute atomic E-state index is 0.0365. The van der Waals surface area contributed by atoms with Crippen molar-refractivity contribution in [1.82, 2.24) is 19.6 Å². The molecule has 108 heavy (non-hydrogen) atoms. The topological polar surface area (TPSA) is 439 Å². The SMILES string of the molecule is CO[C@H](C(=O)[C@@H](O)[C@@H](C)O)C1Cc2cc3cc(O[C@H]4C[C@@H](O[C@H]5C[C@@H](O)[C@H](O)[C@@H](C)O5)[C@@H](O)[C@@H](C)O4)c(C)c(O)c3c(O)c2C(=O)[C@H]1O[C@H]1C[C@@H](O[C@H]2C[C@@H](O[C@H]3C[C@](C)(O)[C@H](O)[C@@H](C)O3)[C@H](O)[C@@H](C)O2)[C@H](O)[C@@H](C)O1.O=C(CCBr)N1CCN(C(=O)CCBr)CC1.O=C(CCBr)N1CCN(C(=O)CCBr)CC1. The van der Waals surface area contributed by atoms with E-state index in [0.717, 1.165) is 0 Å². The normalized spacial score (nSPS) is 34.8. The minimum Gasteiger partial charge on any atom is -0.507 e. The van der Waals surface area contributed by atoms with Crippen LogP contribution in [0.3, 0.4) is 0 Å². The molecule has 7 heterocycles. The van der Waals surface area contributed by atoms with Gasteiger partial charge in [0, 0.05) is 150 Å². The van der Waals surface area contributed by atoms with Crippen LogP contribution < -0.4 is 4.74 Å². The third-order valence-electron chi connectivity index (χ3n) is 21.1. The molecule has 1 unspecified atom stereocenters. The number of aliphatic hydroxyl groups is 9. The molecule has 7 aliphatic heterocycles. The largest absolute Gasteiger partial charge is 0.507 e. The molecule has 612 valence electrons. The molecule has 36 heteroatoms. The number of fused-ring (bicyclic) bond motifs is 2. The van der Waals surface area contributed by atoms with E-state index in [-0.39, 0.29) is 95.4 Å². The van der Waals surface area contributed by atoms with E-state index in [0.29, 0.717) is 99.4 Å². The Morgan fingerprint density at radius 3 is 1.36 bits per heavy atom. The zero-order valence-electron chi connectivity index (χ0n) is 62.2. The summed E-state index contributed by atoms with van der Waals surface area (Å²) in [5.41, 5.74) is -1.47. The smallest absolute Gasteiger partial charge is 0.223 e. The fourth-order valence-electron chi connectivity index (χ4n) is 14.7. The second kappa shape index (κ2) is 40.7. The lowest BCUT2D eigenvalue weighted by molar-refractivity contribution is -0.334. The highest BCUT2D eigenvalue weighted by Gasteiger charge is 2.52. The summed E-state index contributed by atoms with van der Waals surface area (Å²) in [5, 5.41) is 123. The van der Waals surface area contributed by atoms with Gasteiger partial charge in [-0.25, -0.2) is 0 Å². The third kappa shape index (κ3) is 22.3. The van der Waals surface area contributed by atoms with E-state index in [1.807, 2.05) is 19.6 Å². The van der Waals surface area contributed by atoms with Crippen LogP contribution in [0.15, 0.2) is 12.1 Å².